The smallest absolute Gasteiger partial charge is 0.123 e. The van der Waals surface area contributed by atoms with E-state index >= 15 is 0 Å². The molecule has 16 heavy (non-hydrogen) atoms. The molecule has 0 amide bonds. The first kappa shape index (κ1) is 11.2. The molecule has 4 heteroatoms. The van der Waals surface area contributed by atoms with Crippen LogP contribution in [0.15, 0.2) is 35.8 Å². The highest BCUT2D eigenvalue weighted by Gasteiger charge is 2.06. The molecule has 0 radical (unpaired) electrons. The van der Waals surface area contributed by atoms with Gasteiger partial charge in [0, 0.05) is 24.2 Å². The Morgan fingerprint density at radius 3 is 3.06 bits per heavy atom. The summed E-state index contributed by atoms with van der Waals surface area (Å²) < 4.78 is 13.0. The molecule has 84 valence electrons. The molecule has 1 N–H and O–H groups in total. The van der Waals surface area contributed by atoms with Gasteiger partial charge in [0.05, 0.1) is 0 Å². The fourth-order valence-electron chi connectivity index (χ4n) is 1.47. The number of aromatic nitrogens is 1. The summed E-state index contributed by atoms with van der Waals surface area (Å²) >= 11 is 1.62. The van der Waals surface area contributed by atoms with Crippen molar-refractivity contribution in [3.05, 3.63) is 52.2 Å². The number of hydrogen-bond acceptors (Lipinski definition) is 3. The van der Waals surface area contributed by atoms with Crippen LogP contribution in [-0.4, -0.2) is 4.98 Å². The van der Waals surface area contributed by atoms with E-state index in [1.54, 1.807) is 29.7 Å². The highest BCUT2D eigenvalue weighted by molar-refractivity contribution is 7.09. The minimum absolute atomic E-state index is 0.125. The molecule has 0 aliphatic carbocycles. The van der Waals surface area contributed by atoms with Gasteiger partial charge in [0.1, 0.15) is 10.8 Å². The van der Waals surface area contributed by atoms with Gasteiger partial charge < -0.3 is 5.32 Å². The molecule has 2 rings (SSSR count). The van der Waals surface area contributed by atoms with Gasteiger partial charge in [-0.3, -0.25) is 0 Å². The Bertz CT molecular complexity index is 442. The standard InChI is InChI=1S/C12H13FN2S/c1-9(10-3-2-4-11(13)7-10)15-8-12-14-5-6-16-12/h2-7,9,15H,8H2,1H3/t9-/m1/s1. The van der Waals surface area contributed by atoms with Gasteiger partial charge in [0.15, 0.2) is 0 Å². The summed E-state index contributed by atoms with van der Waals surface area (Å²) in [7, 11) is 0. The molecule has 0 aliphatic rings. The summed E-state index contributed by atoms with van der Waals surface area (Å²) in [5.41, 5.74) is 0.955. The Kier molecular flexibility index (Phi) is 3.64. The van der Waals surface area contributed by atoms with Gasteiger partial charge in [0.2, 0.25) is 0 Å². The first-order chi connectivity index (χ1) is 7.75. The van der Waals surface area contributed by atoms with Crippen molar-refractivity contribution in [2.45, 2.75) is 19.5 Å². The molecule has 0 unspecified atom stereocenters. The zero-order chi connectivity index (χ0) is 11.4. The maximum Gasteiger partial charge on any atom is 0.123 e. The quantitative estimate of drug-likeness (QED) is 0.882. The van der Waals surface area contributed by atoms with Crippen molar-refractivity contribution < 1.29 is 4.39 Å². The van der Waals surface area contributed by atoms with Gasteiger partial charge >= 0.3 is 0 Å². The summed E-state index contributed by atoms with van der Waals surface area (Å²) in [6, 6.07) is 6.78. The maximum absolute atomic E-state index is 13.0. The van der Waals surface area contributed by atoms with E-state index in [4.69, 9.17) is 0 Å². The van der Waals surface area contributed by atoms with E-state index in [2.05, 4.69) is 10.3 Å². The summed E-state index contributed by atoms with van der Waals surface area (Å²) in [6.07, 6.45) is 1.79. The molecule has 0 fully saturated rings. The molecule has 0 saturated heterocycles. The van der Waals surface area contributed by atoms with Crippen LogP contribution in [0.1, 0.15) is 23.5 Å². The van der Waals surface area contributed by atoms with E-state index in [-0.39, 0.29) is 11.9 Å². The third-order valence-electron chi connectivity index (χ3n) is 2.39. The second-order valence-corrected chi connectivity index (χ2v) is 4.56. The molecule has 1 aromatic carbocycles. The van der Waals surface area contributed by atoms with Crippen LogP contribution >= 0.6 is 11.3 Å². The van der Waals surface area contributed by atoms with Crippen LogP contribution < -0.4 is 5.32 Å². The van der Waals surface area contributed by atoms with Crippen molar-refractivity contribution in [3.63, 3.8) is 0 Å². The summed E-state index contributed by atoms with van der Waals surface area (Å²) in [4.78, 5) is 4.18. The number of benzene rings is 1. The molecule has 2 nitrogen and oxygen atoms in total. The Morgan fingerprint density at radius 2 is 2.38 bits per heavy atom. The number of nitrogens with zero attached hydrogens (tertiary/aromatic N) is 1. The summed E-state index contributed by atoms with van der Waals surface area (Å²) in [6.45, 7) is 2.73. The third-order valence-corrected chi connectivity index (χ3v) is 3.17. The van der Waals surface area contributed by atoms with Gasteiger partial charge in [0.25, 0.3) is 0 Å². The van der Waals surface area contributed by atoms with Crippen LogP contribution in [0, 0.1) is 5.82 Å². The topological polar surface area (TPSA) is 24.9 Å². The first-order valence-electron chi connectivity index (χ1n) is 5.13. The van der Waals surface area contributed by atoms with Crippen molar-refractivity contribution in [2.24, 2.45) is 0 Å². The average molecular weight is 236 g/mol. The predicted octanol–water partition coefficient (Wildman–Crippen LogP) is 3.13. The van der Waals surface area contributed by atoms with E-state index in [9.17, 15) is 4.39 Å². The molecule has 2 aromatic rings. The van der Waals surface area contributed by atoms with Crippen molar-refractivity contribution in [3.8, 4) is 0 Å². The molecule has 0 bridgehead atoms. The third kappa shape index (κ3) is 2.87. The van der Waals surface area contributed by atoms with Gasteiger partial charge in [-0.1, -0.05) is 12.1 Å². The fraction of sp³-hybridized carbons (Fsp3) is 0.250. The molecule has 1 atom stereocenters. The van der Waals surface area contributed by atoms with Gasteiger partial charge in [-0.05, 0) is 24.6 Å². The minimum Gasteiger partial charge on any atom is -0.304 e. The molecule has 0 aliphatic heterocycles. The van der Waals surface area contributed by atoms with Crippen LogP contribution in [0.3, 0.4) is 0 Å². The zero-order valence-electron chi connectivity index (χ0n) is 8.98. The summed E-state index contributed by atoms with van der Waals surface area (Å²) in [5.74, 6) is -0.194. The van der Waals surface area contributed by atoms with Crippen molar-refractivity contribution in [2.75, 3.05) is 0 Å². The Balaban J connectivity index is 1.95. The van der Waals surface area contributed by atoms with Crippen LogP contribution in [0.5, 0.6) is 0 Å². The predicted molar refractivity (Wildman–Crippen MR) is 63.8 cm³/mol. The van der Waals surface area contributed by atoms with Gasteiger partial charge in [-0.15, -0.1) is 11.3 Å². The summed E-state index contributed by atoms with van der Waals surface area (Å²) in [5, 5.41) is 6.30. The van der Waals surface area contributed by atoms with E-state index < -0.39 is 0 Å². The zero-order valence-corrected chi connectivity index (χ0v) is 9.80. The Morgan fingerprint density at radius 1 is 1.50 bits per heavy atom. The second-order valence-electron chi connectivity index (χ2n) is 3.58. The average Bonchev–Trinajstić information content (AvgIpc) is 2.78. The molecule has 1 aromatic heterocycles. The highest BCUT2D eigenvalue weighted by Crippen LogP contribution is 2.14. The lowest BCUT2D eigenvalue weighted by Gasteiger charge is -2.13. The number of halogens is 1. The number of nitrogens with one attached hydrogen (secondary N) is 1. The molecule has 0 saturated carbocycles. The van der Waals surface area contributed by atoms with Crippen molar-refractivity contribution in [1.82, 2.24) is 10.3 Å². The van der Waals surface area contributed by atoms with E-state index in [0.717, 1.165) is 17.1 Å². The van der Waals surface area contributed by atoms with Gasteiger partial charge in [-0.25, -0.2) is 9.37 Å². The maximum atomic E-state index is 13.0. The number of rotatable bonds is 4. The minimum atomic E-state index is -0.194. The van der Waals surface area contributed by atoms with E-state index in [1.807, 2.05) is 18.4 Å². The monoisotopic (exact) mass is 236 g/mol. The van der Waals surface area contributed by atoms with Crippen LogP contribution in [-0.2, 0) is 6.54 Å². The van der Waals surface area contributed by atoms with Crippen LogP contribution in [0.2, 0.25) is 0 Å². The molecular weight excluding hydrogens is 223 g/mol. The van der Waals surface area contributed by atoms with E-state index in [1.165, 1.54) is 6.07 Å². The normalized spacial score (nSPS) is 12.6. The number of thiazole rings is 1. The number of hydrogen-bond donors (Lipinski definition) is 1. The lowest BCUT2D eigenvalue weighted by molar-refractivity contribution is 0.564. The van der Waals surface area contributed by atoms with Crippen LogP contribution in [0.4, 0.5) is 4.39 Å². The lowest BCUT2D eigenvalue weighted by Crippen LogP contribution is -2.17. The largest absolute Gasteiger partial charge is 0.304 e. The van der Waals surface area contributed by atoms with E-state index in [0.29, 0.717) is 0 Å². The van der Waals surface area contributed by atoms with Gasteiger partial charge in [-0.2, -0.15) is 0 Å². The fourth-order valence-corrected chi connectivity index (χ4v) is 2.04. The molecular formula is C12H13FN2S. The van der Waals surface area contributed by atoms with Crippen molar-refractivity contribution >= 4 is 11.3 Å². The molecule has 0 spiro atoms. The lowest BCUT2D eigenvalue weighted by atomic mass is 10.1. The Hall–Kier alpha value is -1.26. The van der Waals surface area contributed by atoms with Crippen molar-refractivity contribution in [1.29, 1.82) is 0 Å². The first-order valence-corrected chi connectivity index (χ1v) is 6.01. The molecule has 1 heterocycles. The second kappa shape index (κ2) is 5.18. The Labute approximate surface area is 98.2 Å². The van der Waals surface area contributed by atoms with Crippen LogP contribution in [0.25, 0.3) is 0 Å². The SMILES string of the molecule is C[C@@H](NCc1nccs1)c1cccc(F)c1. The highest BCUT2D eigenvalue weighted by atomic mass is 32.1.